The van der Waals surface area contributed by atoms with E-state index in [-0.39, 0.29) is 6.04 Å². The summed E-state index contributed by atoms with van der Waals surface area (Å²) < 4.78 is 1.77. The molecule has 0 spiro atoms. The highest BCUT2D eigenvalue weighted by Crippen LogP contribution is 2.34. The van der Waals surface area contributed by atoms with Crippen LogP contribution in [-0.2, 0) is 13.5 Å². The molecule has 0 radical (unpaired) electrons. The van der Waals surface area contributed by atoms with E-state index < -0.39 is 0 Å². The molecule has 7 heteroatoms. The maximum Gasteiger partial charge on any atom is 0.165 e. The molecule has 26 heavy (non-hydrogen) atoms. The van der Waals surface area contributed by atoms with E-state index in [0.29, 0.717) is 5.82 Å². The average molecular weight is 343 g/mol. The van der Waals surface area contributed by atoms with Gasteiger partial charge in [-0.25, -0.2) is 9.97 Å². The predicted molar refractivity (Wildman–Crippen MR) is 98.5 cm³/mol. The van der Waals surface area contributed by atoms with Gasteiger partial charge in [0.05, 0.1) is 23.3 Å². The van der Waals surface area contributed by atoms with E-state index in [0.717, 1.165) is 41.0 Å². The number of nitrogens with one attached hydrogen (secondary N) is 1. The zero-order valence-electron chi connectivity index (χ0n) is 14.3. The number of hydrogen-bond donors (Lipinski definition) is 1. The SMILES string of the molecule is Cn1ncc2c(N[C@H]3CCc4cccnc43)nc(-c3cccnc3)nc21. The summed E-state index contributed by atoms with van der Waals surface area (Å²) in [4.78, 5) is 18.2. The third kappa shape index (κ3) is 2.40. The smallest absolute Gasteiger partial charge is 0.165 e. The van der Waals surface area contributed by atoms with Gasteiger partial charge in [0.1, 0.15) is 5.82 Å². The van der Waals surface area contributed by atoms with Gasteiger partial charge in [-0.05, 0) is 36.6 Å². The van der Waals surface area contributed by atoms with Crippen LogP contribution in [0.4, 0.5) is 5.82 Å². The van der Waals surface area contributed by atoms with E-state index in [9.17, 15) is 0 Å². The number of fused-ring (bicyclic) bond motifs is 2. The van der Waals surface area contributed by atoms with Crippen LogP contribution in [-0.4, -0.2) is 29.7 Å². The Balaban J connectivity index is 1.61. The molecule has 1 atom stereocenters. The highest BCUT2D eigenvalue weighted by Gasteiger charge is 2.25. The molecule has 7 nitrogen and oxygen atoms in total. The Morgan fingerprint density at radius 1 is 1.12 bits per heavy atom. The largest absolute Gasteiger partial charge is 0.361 e. The monoisotopic (exact) mass is 343 g/mol. The summed E-state index contributed by atoms with van der Waals surface area (Å²) in [7, 11) is 1.89. The third-order valence-corrected chi connectivity index (χ3v) is 4.78. The van der Waals surface area contributed by atoms with Crippen molar-refractivity contribution in [3.63, 3.8) is 0 Å². The van der Waals surface area contributed by atoms with Gasteiger partial charge in [0.15, 0.2) is 11.5 Å². The van der Waals surface area contributed by atoms with Crippen molar-refractivity contribution in [2.45, 2.75) is 18.9 Å². The topological polar surface area (TPSA) is 81.4 Å². The van der Waals surface area contributed by atoms with Crippen LogP contribution >= 0.6 is 0 Å². The highest BCUT2D eigenvalue weighted by molar-refractivity contribution is 5.88. The summed E-state index contributed by atoms with van der Waals surface area (Å²) in [6, 6.07) is 8.12. The van der Waals surface area contributed by atoms with Crippen LogP contribution in [0.2, 0.25) is 0 Å². The van der Waals surface area contributed by atoms with Crippen LogP contribution < -0.4 is 5.32 Å². The lowest BCUT2D eigenvalue weighted by Crippen LogP contribution is -2.11. The molecule has 5 rings (SSSR count). The number of aryl methyl sites for hydroxylation is 2. The Kier molecular flexibility index (Phi) is 3.38. The standard InChI is InChI=1S/C19H17N7/c1-26-19-14(11-22-26)18(24-17(25-19)13-5-2-8-20-10-13)23-15-7-6-12-4-3-9-21-16(12)15/h2-5,8-11,15H,6-7H2,1H3,(H,23,24,25)/t15-/m0/s1. The van der Waals surface area contributed by atoms with Gasteiger partial charge in [-0.2, -0.15) is 5.10 Å². The molecule has 4 heterocycles. The quantitative estimate of drug-likeness (QED) is 0.616. The number of aromatic nitrogens is 6. The van der Waals surface area contributed by atoms with Crippen LogP contribution in [0.15, 0.2) is 49.1 Å². The molecule has 0 bridgehead atoms. The van der Waals surface area contributed by atoms with Crippen molar-refractivity contribution in [3.8, 4) is 11.4 Å². The molecule has 1 aliphatic carbocycles. The first-order valence-corrected chi connectivity index (χ1v) is 8.60. The summed E-state index contributed by atoms with van der Waals surface area (Å²) in [5.74, 6) is 1.42. The van der Waals surface area contributed by atoms with Gasteiger partial charge in [0.25, 0.3) is 0 Å². The Hall–Kier alpha value is -3.35. The summed E-state index contributed by atoms with van der Waals surface area (Å²) in [5.41, 5.74) is 4.07. The van der Waals surface area contributed by atoms with Crippen molar-refractivity contribution in [3.05, 3.63) is 60.3 Å². The maximum absolute atomic E-state index is 4.78. The lowest BCUT2D eigenvalue weighted by atomic mass is 10.2. The summed E-state index contributed by atoms with van der Waals surface area (Å²) in [6.45, 7) is 0. The number of hydrogen-bond acceptors (Lipinski definition) is 6. The molecule has 0 aromatic carbocycles. The second kappa shape index (κ2) is 5.87. The van der Waals surface area contributed by atoms with Gasteiger partial charge in [0.2, 0.25) is 0 Å². The molecule has 128 valence electrons. The number of rotatable bonds is 3. The summed E-state index contributed by atoms with van der Waals surface area (Å²) in [5, 5.41) is 8.84. The molecular formula is C19H17N7. The van der Waals surface area contributed by atoms with Crippen LogP contribution in [0.3, 0.4) is 0 Å². The van der Waals surface area contributed by atoms with Gasteiger partial charge in [-0.1, -0.05) is 6.07 Å². The first kappa shape index (κ1) is 14.9. The molecule has 0 unspecified atom stereocenters. The van der Waals surface area contributed by atoms with Crippen molar-refractivity contribution in [1.82, 2.24) is 29.7 Å². The molecular weight excluding hydrogens is 326 g/mol. The van der Waals surface area contributed by atoms with E-state index in [1.807, 2.05) is 31.4 Å². The van der Waals surface area contributed by atoms with E-state index in [4.69, 9.17) is 4.98 Å². The van der Waals surface area contributed by atoms with Gasteiger partial charge in [-0.3, -0.25) is 14.6 Å². The molecule has 1 aliphatic rings. The molecule has 0 amide bonds. The number of nitrogens with zero attached hydrogens (tertiary/aromatic N) is 6. The summed E-state index contributed by atoms with van der Waals surface area (Å²) in [6.07, 6.45) is 9.19. The summed E-state index contributed by atoms with van der Waals surface area (Å²) >= 11 is 0. The molecule has 0 saturated carbocycles. The second-order valence-corrected chi connectivity index (χ2v) is 6.43. The van der Waals surface area contributed by atoms with Crippen LogP contribution in [0.1, 0.15) is 23.7 Å². The molecule has 4 aromatic heterocycles. The molecule has 0 aliphatic heterocycles. The fourth-order valence-corrected chi connectivity index (χ4v) is 3.47. The number of anilines is 1. The van der Waals surface area contributed by atoms with Crippen molar-refractivity contribution in [2.75, 3.05) is 5.32 Å². The Morgan fingerprint density at radius 3 is 2.92 bits per heavy atom. The highest BCUT2D eigenvalue weighted by atomic mass is 15.3. The van der Waals surface area contributed by atoms with Crippen molar-refractivity contribution >= 4 is 16.9 Å². The minimum Gasteiger partial charge on any atom is -0.361 e. The minimum atomic E-state index is 0.145. The van der Waals surface area contributed by atoms with Crippen LogP contribution in [0.25, 0.3) is 22.4 Å². The predicted octanol–water partition coefficient (Wildman–Crippen LogP) is 2.92. The van der Waals surface area contributed by atoms with Crippen molar-refractivity contribution < 1.29 is 0 Å². The van der Waals surface area contributed by atoms with Crippen molar-refractivity contribution in [1.29, 1.82) is 0 Å². The van der Waals surface area contributed by atoms with Crippen molar-refractivity contribution in [2.24, 2.45) is 7.05 Å². The maximum atomic E-state index is 4.78. The minimum absolute atomic E-state index is 0.145. The van der Waals surface area contributed by atoms with Gasteiger partial charge in [-0.15, -0.1) is 0 Å². The fraction of sp³-hybridized carbons (Fsp3) is 0.211. The average Bonchev–Trinajstić information content (AvgIpc) is 3.27. The molecule has 1 N–H and O–H groups in total. The third-order valence-electron chi connectivity index (χ3n) is 4.78. The van der Waals surface area contributed by atoms with Gasteiger partial charge >= 0.3 is 0 Å². The zero-order valence-corrected chi connectivity index (χ0v) is 14.3. The Labute approximate surface area is 150 Å². The van der Waals surface area contributed by atoms with Crippen LogP contribution in [0.5, 0.6) is 0 Å². The Morgan fingerprint density at radius 2 is 2.04 bits per heavy atom. The van der Waals surface area contributed by atoms with E-state index >= 15 is 0 Å². The van der Waals surface area contributed by atoms with E-state index in [1.165, 1.54) is 5.56 Å². The van der Waals surface area contributed by atoms with Gasteiger partial charge in [0, 0.05) is 31.2 Å². The lowest BCUT2D eigenvalue weighted by Gasteiger charge is -2.15. The molecule has 0 fully saturated rings. The van der Waals surface area contributed by atoms with Gasteiger partial charge < -0.3 is 5.32 Å². The lowest BCUT2D eigenvalue weighted by molar-refractivity contribution is 0.742. The zero-order chi connectivity index (χ0) is 17.5. The second-order valence-electron chi connectivity index (χ2n) is 6.43. The van der Waals surface area contributed by atoms with Crippen LogP contribution in [0, 0.1) is 0 Å². The normalized spacial score (nSPS) is 16.0. The van der Waals surface area contributed by atoms with E-state index in [1.54, 1.807) is 23.3 Å². The molecule has 4 aromatic rings. The van der Waals surface area contributed by atoms with E-state index in [2.05, 4.69) is 31.4 Å². The molecule has 0 saturated heterocycles. The number of pyridine rings is 2. The fourth-order valence-electron chi connectivity index (χ4n) is 3.47. The first-order chi connectivity index (χ1) is 12.8. The Bertz CT molecular complexity index is 1090. The first-order valence-electron chi connectivity index (χ1n) is 8.60.